The lowest BCUT2D eigenvalue weighted by Gasteiger charge is -2.09. The van der Waals surface area contributed by atoms with E-state index < -0.39 is 0 Å². The number of ether oxygens (including phenoxy) is 1. The van der Waals surface area contributed by atoms with E-state index in [4.69, 9.17) is 10.5 Å². The molecule has 0 spiro atoms. The summed E-state index contributed by atoms with van der Waals surface area (Å²) in [4.78, 5) is 0. The van der Waals surface area contributed by atoms with Gasteiger partial charge in [0.1, 0.15) is 5.75 Å². The van der Waals surface area contributed by atoms with Gasteiger partial charge in [0.15, 0.2) is 0 Å². The summed E-state index contributed by atoms with van der Waals surface area (Å²) < 4.78 is 6.26. The van der Waals surface area contributed by atoms with Crippen molar-refractivity contribution in [1.82, 2.24) is 0 Å². The summed E-state index contributed by atoms with van der Waals surface area (Å²) in [5.41, 5.74) is 8.65. The van der Waals surface area contributed by atoms with Gasteiger partial charge in [-0.05, 0) is 23.8 Å². The molecule has 0 aromatic heterocycles. The Kier molecular flexibility index (Phi) is 4.10. The third-order valence-corrected chi connectivity index (χ3v) is 3.10. The zero-order valence-electron chi connectivity index (χ0n) is 10.1. The van der Waals surface area contributed by atoms with Gasteiger partial charge in [-0.1, -0.05) is 28.1 Å². The fraction of sp³-hybridized carbons (Fsp3) is 0.143. The number of hydrogen-bond acceptors (Lipinski definition) is 3. The van der Waals surface area contributed by atoms with Crippen LogP contribution in [0, 0.1) is 0 Å². The summed E-state index contributed by atoms with van der Waals surface area (Å²) in [6.45, 7) is 0.750. The van der Waals surface area contributed by atoms with Gasteiger partial charge in [0, 0.05) is 34.5 Å². The number of anilines is 2. The highest BCUT2D eigenvalue weighted by atomic mass is 79.9. The van der Waals surface area contributed by atoms with Gasteiger partial charge in [0.2, 0.25) is 0 Å². The Hall–Kier alpha value is -1.68. The zero-order chi connectivity index (χ0) is 13.0. The summed E-state index contributed by atoms with van der Waals surface area (Å²) in [5.74, 6) is 0.758. The van der Waals surface area contributed by atoms with Gasteiger partial charge < -0.3 is 15.8 Å². The molecule has 94 valence electrons. The third-order valence-electron chi connectivity index (χ3n) is 2.57. The molecule has 0 saturated carbocycles. The van der Waals surface area contributed by atoms with Gasteiger partial charge in [-0.15, -0.1) is 0 Å². The summed E-state index contributed by atoms with van der Waals surface area (Å²) >= 11 is 3.42. The highest BCUT2D eigenvalue weighted by molar-refractivity contribution is 9.10. The minimum Gasteiger partial charge on any atom is -0.497 e. The van der Waals surface area contributed by atoms with E-state index >= 15 is 0 Å². The predicted octanol–water partition coefficient (Wildman–Crippen LogP) is 3.65. The van der Waals surface area contributed by atoms with Crippen molar-refractivity contribution in [2.45, 2.75) is 6.54 Å². The standard InChI is InChI=1S/C14H15BrN2O/c1-18-14-7-12(16)6-13(8-14)17-9-10-2-4-11(15)5-3-10/h2-8,17H,9,16H2,1H3. The molecule has 3 nitrogen and oxygen atoms in total. The minimum atomic E-state index is 0.688. The van der Waals surface area contributed by atoms with Gasteiger partial charge in [-0.25, -0.2) is 0 Å². The van der Waals surface area contributed by atoms with Gasteiger partial charge >= 0.3 is 0 Å². The Bertz CT molecular complexity index is 526. The fourth-order valence-corrected chi connectivity index (χ4v) is 1.91. The van der Waals surface area contributed by atoms with Crippen LogP contribution in [0.4, 0.5) is 11.4 Å². The monoisotopic (exact) mass is 306 g/mol. The first-order chi connectivity index (χ1) is 8.67. The van der Waals surface area contributed by atoms with Crippen LogP contribution in [0.1, 0.15) is 5.56 Å². The maximum Gasteiger partial charge on any atom is 0.122 e. The van der Waals surface area contributed by atoms with Crippen molar-refractivity contribution in [2.75, 3.05) is 18.2 Å². The normalized spacial score (nSPS) is 10.1. The molecule has 0 aliphatic carbocycles. The second-order valence-electron chi connectivity index (χ2n) is 3.97. The average molecular weight is 307 g/mol. The van der Waals surface area contributed by atoms with Crippen molar-refractivity contribution in [1.29, 1.82) is 0 Å². The van der Waals surface area contributed by atoms with Crippen LogP contribution < -0.4 is 15.8 Å². The van der Waals surface area contributed by atoms with Crippen LogP contribution >= 0.6 is 15.9 Å². The Morgan fingerprint density at radius 3 is 2.56 bits per heavy atom. The molecule has 0 atom stereocenters. The number of nitrogens with one attached hydrogen (secondary N) is 1. The molecule has 0 fully saturated rings. The highest BCUT2D eigenvalue weighted by Gasteiger charge is 1.99. The Labute approximate surface area is 115 Å². The number of benzene rings is 2. The Morgan fingerprint density at radius 1 is 1.17 bits per heavy atom. The molecule has 0 aliphatic heterocycles. The van der Waals surface area contributed by atoms with Gasteiger partial charge in [-0.2, -0.15) is 0 Å². The molecule has 0 bridgehead atoms. The molecule has 4 heteroatoms. The SMILES string of the molecule is COc1cc(N)cc(NCc2ccc(Br)cc2)c1. The molecule has 18 heavy (non-hydrogen) atoms. The van der Waals surface area contributed by atoms with Crippen molar-refractivity contribution in [2.24, 2.45) is 0 Å². The van der Waals surface area contributed by atoms with Crippen molar-refractivity contribution >= 4 is 27.3 Å². The summed E-state index contributed by atoms with van der Waals surface area (Å²) in [6.07, 6.45) is 0. The quantitative estimate of drug-likeness (QED) is 0.848. The molecule has 2 aromatic rings. The number of hydrogen-bond donors (Lipinski definition) is 2. The zero-order valence-corrected chi connectivity index (χ0v) is 11.7. The molecule has 2 aromatic carbocycles. The van der Waals surface area contributed by atoms with E-state index in [1.807, 2.05) is 24.3 Å². The molecule has 0 unspecified atom stereocenters. The maximum atomic E-state index is 5.80. The van der Waals surface area contributed by atoms with Crippen LogP contribution in [0.25, 0.3) is 0 Å². The van der Waals surface area contributed by atoms with E-state index in [9.17, 15) is 0 Å². The minimum absolute atomic E-state index is 0.688. The first kappa shape index (κ1) is 12.8. The largest absolute Gasteiger partial charge is 0.497 e. The molecule has 0 radical (unpaired) electrons. The van der Waals surface area contributed by atoms with Crippen LogP contribution in [-0.4, -0.2) is 7.11 Å². The van der Waals surface area contributed by atoms with Crippen molar-refractivity contribution < 1.29 is 4.74 Å². The van der Waals surface area contributed by atoms with E-state index in [1.165, 1.54) is 5.56 Å². The number of nitrogens with two attached hydrogens (primary N) is 1. The Balaban J connectivity index is 2.05. The smallest absolute Gasteiger partial charge is 0.122 e. The third kappa shape index (κ3) is 3.40. The second kappa shape index (κ2) is 5.78. The van der Waals surface area contributed by atoms with E-state index in [0.717, 1.165) is 22.5 Å². The molecule has 3 N–H and O–H groups in total. The molecule has 0 saturated heterocycles. The van der Waals surface area contributed by atoms with E-state index in [0.29, 0.717) is 5.69 Å². The van der Waals surface area contributed by atoms with Crippen molar-refractivity contribution in [3.05, 3.63) is 52.5 Å². The maximum absolute atomic E-state index is 5.80. The van der Waals surface area contributed by atoms with Crippen LogP contribution in [0.3, 0.4) is 0 Å². The number of nitrogen functional groups attached to an aromatic ring is 1. The van der Waals surface area contributed by atoms with Crippen LogP contribution in [-0.2, 0) is 6.54 Å². The first-order valence-electron chi connectivity index (χ1n) is 5.60. The molecule has 0 aliphatic rings. The Morgan fingerprint density at radius 2 is 1.89 bits per heavy atom. The molecular weight excluding hydrogens is 292 g/mol. The molecule has 2 rings (SSSR count). The lowest BCUT2D eigenvalue weighted by atomic mass is 10.2. The van der Waals surface area contributed by atoms with E-state index in [2.05, 4.69) is 33.4 Å². The van der Waals surface area contributed by atoms with E-state index in [1.54, 1.807) is 13.2 Å². The fourth-order valence-electron chi connectivity index (χ4n) is 1.65. The summed E-state index contributed by atoms with van der Waals surface area (Å²) in [5, 5.41) is 3.32. The van der Waals surface area contributed by atoms with Crippen LogP contribution in [0.5, 0.6) is 5.75 Å². The lowest BCUT2D eigenvalue weighted by molar-refractivity contribution is 0.415. The number of halogens is 1. The topological polar surface area (TPSA) is 47.3 Å². The number of methoxy groups -OCH3 is 1. The second-order valence-corrected chi connectivity index (χ2v) is 4.89. The summed E-state index contributed by atoms with van der Waals surface area (Å²) in [7, 11) is 1.63. The predicted molar refractivity (Wildman–Crippen MR) is 78.9 cm³/mol. The molecule has 0 heterocycles. The lowest BCUT2D eigenvalue weighted by Crippen LogP contribution is -2.00. The average Bonchev–Trinajstić information content (AvgIpc) is 2.37. The number of rotatable bonds is 4. The van der Waals surface area contributed by atoms with Crippen molar-refractivity contribution in [3.8, 4) is 5.75 Å². The first-order valence-corrected chi connectivity index (χ1v) is 6.39. The summed E-state index contributed by atoms with van der Waals surface area (Å²) in [6, 6.07) is 13.8. The molecule has 0 amide bonds. The van der Waals surface area contributed by atoms with Gasteiger partial charge in [0.25, 0.3) is 0 Å². The van der Waals surface area contributed by atoms with E-state index in [-0.39, 0.29) is 0 Å². The highest BCUT2D eigenvalue weighted by Crippen LogP contribution is 2.22. The van der Waals surface area contributed by atoms with Gasteiger partial charge in [0.05, 0.1) is 7.11 Å². The van der Waals surface area contributed by atoms with Crippen LogP contribution in [0.2, 0.25) is 0 Å². The van der Waals surface area contributed by atoms with Gasteiger partial charge in [-0.3, -0.25) is 0 Å². The van der Waals surface area contributed by atoms with Crippen LogP contribution in [0.15, 0.2) is 46.9 Å². The van der Waals surface area contributed by atoms with Crippen molar-refractivity contribution in [3.63, 3.8) is 0 Å². The molecular formula is C14H15BrN2O.